The lowest BCUT2D eigenvalue weighted by Gasteiger charge is -2.04. The van der Waals surface area contributed by atoms with Crippen molar-refractivity contribution in [3.63, 3.8) is 0 Å². The fourth-order valence-electron chi connectivity index (χ4n) is 1.91. The smallest absolute Gasteiger partial charge is 0.129 e. The average molecular weight is 231 g/mol. The third-order valence-electron chi connectivity index (χ3n) is 2.88. The number of anilines is 1. The molecule has 0 unspecified atom stereocenters. The van der Waals surface area contributed by atoms with Gasteiger partial charge in [-0.1, -0.05) is 19.1 Å². The van der Waals surface area contributed by atoms with E-state index in [1.807, 2.05) is 31.3 Å². The van der Waals surface area contributed by atoms with Gasteiger partial charge in [0.05, 0.1) is 12.8 Å². The number of benzene rings is 1. The van der Waals surface area contributed by atoms with Gasteiger partial charge in [0.15, 0.2) is 0 Å². The molecule has 2 aromatic rings. The van der Waals surface area contributed by atoms with E-state index in [0.717, 1.165) is 29.0 Å². The number of rotatable bonds is 3. The van der Waals surface area contributed by atoms with Gasteiger partial charge >= 0.3 is 0 Å². The Labute approximate surface area is 101 Å². The standard InChI is InChI=1S/C13H17N3O/c1-4-11-12(13(14)16(2)15-11)9-5-7-10(17-3)8-6-9/h5-8H,4,14H2,1-3H3. The van der Waals surface area contributed by atoms with E-state index in [9.17, 15) is 0 Å². The van der Waals surface area contributed by atoms with Crippen LogP contribution in [0.2, 0.25) is 0 Å². The second-order valence-corrected chi connectivity index (χ2v) is 3.91. The molecule has 0 bridgehead atoms. The van der Waals surface area contributed by atoms with Crippen LogP contribution in [0.4, 0.5) is 5.82 Å². The maximum atomic E-state index is 6.05. The Hall–Kier alpha value is -1.97. The molecule has 1 heterocycles. The van der Waals surface area contributed by atoms with Crippen LogP contribution >= 0.6 is 0 Å². The van der Waals surface area contributed by atoms with Crippen LogP contribution < -0.4 is 10.5 Å². The molecule has 0 saturated carbocycles. The average Bonchev–Trinajstić information content (AvgIpc) is 2.65. The van der Waals surface area contributed by atoms with Gasteiger partial charge in [0.2, 0.25) is 0 Å². The first kappa shape index (κ1) is 11.5. The van der Waals surface area contributed by atoms with Crippen molar-refractivity contribution >= 4 is 5.82 Å². The van der Waals surface area contributed by atoms with Crippen LogP contribution in [-0.2, 0) is 13.5 Å². The molecule has 0 aliphatic heterocycles. The van der Waals surface area contributed by atoms with Gasteiger partial charge in [0.1, 0.15) is 11.6 Å². The predicted molar refractivity (Wildman–Crippen MR) is 69.0 cm³/mol. The number of aryl methyl sites for hydroxylation is 2. The number of hydrogen-bond donors (Lipinski definition) is 1. The fraction of sp³-hybridized carbons (Fsp3) is 0.308. The van der Waals surface area contributed by atoms with E-state index in [4.69, 9.17) is 10.5 Å². The van der Waals surface area contributed by atoms with Crippen molar-refractivity contribution in [1.82, 2.24) is 9.78 Å². The van der Waals surface area contributed by atoms with Crippen molar-refractivity contribution in [3.8, 4) is 16.9 Å². The highest BCUT2D eigenvalue weighted by molar-refractivity contribution is 5.77. The van der Waals surface area contributed by atoms with Gasteiger partial charge < -0.3 is 10.5 Å². The van der Waals surface area contributed by atoms with Gasteiger partial charge in [-0.2, -0.15) is 5.10 Å². The van der Waals surface area contributed by atoms with Gasteiger partial charge in [-0.3, -0.25) is 4.68 Å². The molecule has 2 N–H and O–H groups in total. The minimum atomic E-state index is 0.701. The molecule has 0 amide bonds. The van der Waals surface area contributed by atoms with Gasteiger partial charge in [-0.05, 0) is 24.1 Å². The maximum Gasteiger partial charge on any atom is 0.129 e. The van der Waals surface area contributed by atoms with Crippen molar-refractivity contribution in [1.29, 1.82) is 0 Å². The van der Waals surface area contributed by atoms with Gasteiger partial charge in [0, 0.05) is 12.6 Å². The number of nitrogens with two attached hydrogens (primary N) is 1. The summed E-state index contributed by atoms with van der Waals surface area (Å²) < 4.78 is 6.87. The lowest BCUT2D eigenvalue weighted by Crippen LogP contribution is -1.98. The largest absolute Gasteiger partial charge is 0.497 e. The van der Waals surface area contributed by atoms with Crippen LogP contribution in [0.3, 0.4) is 0 Å². The first-order valence-electron chi connectivity index (χ1n) is 5.63. The highest BCUT2D eigenvalue weighted by Gasteiger charge is 2.14. The predicted octanol–water partition coefficient (Wildman–Crippen LogP) is 2.24. The second kappa shape index (κ2) is 4.49. The summed E-state index contributed by atoms with van der Waals surface area (Å²) in [4.78, 5) is 0. The molecule has 0 spiro atoms. The molecule has 4 heteroatoms. The van der Waals surface area contributed by atoms with Crippen LogP contribution in [0.1, 0.15) is 12.6 Å². The summed E-state index contributed by atoms with van der Waals surface area (Å²) >= 11 is 0. The summed E-state index contributed by atoms with van der Waals surface area (Å²) in [6.07, 6.45) is 0.867. The zero-order chi connectivity index (χ0) is 12.4. The molecule has 0 radical (unpaired) electrons. The molecular weight excluding hydrogens is 214 g/mol. The Morgan fingerprint density at radius 2 is 1.94 bits per heavy atom. The van der Waals surface area contributed by atoms with Gasteiger partial charge in [0.25, 0.3) is 0 Å². The van der Waals surface area contributed by atoms with Crippen LogP contribution in [0.25, 0.3) is 11.1 Å². The number of nitrogens with zero attached hydrogens (tertiary/aromatic N) is 2. The molecule has 4 nitrogen and oxygen atoms in total. The van der Waals surface area contributed by atoms with Crippen molar-refractivity contribution in [3.05, 3.63) is 30.0 Å². The third-order valence-corrected chi connectivity index (χ3v) is 2.88. The highest BCUT2D eigenvalue weighted by atomic mass is 16.5. The molecule has 0 fully saturated rings. The van der Waals surface area contributed by atoms with E-state index in [-0.39, 0.29) is 0 Å². The third kappa shape index (κ3) is 1.98. The van der Waals surface area contributed by atoms with Crippen molar-refractivity contribution in [2.24, 2.45) is 7.05 Å². The maximum absolute atomic E-state index is 6.05. The fourth-order valence-corrected chi connectivity index (χ4v) is 1.91. The van der Waals surface area contributed by atoms with Crippen LogP contribution in [0.15, 0.2) is 24.3 Å². The quantitative estimate of drug-likeness (QED) is 0.881. The zero-order valence-electron chi connectivity index (χ0n) is 10.4. The molecular formula is C13H17N3O. The first-order chi connectivity index (χ1) is 8.17. The molecule has 0 aliphatic rings. The number of hydrogen-bond acceptors (Lipinski definition) is 3. The summed E-state index contributed by atoms with van der Waals surface area (Å²) in [6, 6.07) is 7.87. The van der Waals surface area contributed by atoms with E-state index in [1.165, 1.54) is 0 Å². The van der Waals surface area contributed by atoms with Crippen LogP contribution in [0, 0.1) is 0 Å². The SMILES string of the molecule is CCc1nn(C)c(N)c1-c1ccc(OC)cc1. The summed E-state index contributed by atoms with van der Waals surface area (Å²) in [6.45, 7) is 2.08. The Kier molecular flexibility index (Phi) is 3.04. The number of nitrogen functional groups attached to an aromatic ring is 1. The van der Waals surface area contributed by atoms with Gasteiger partial charge in [-0.25, -0.2) is 0 Å². The van der Waals surface area contributed by atoms with E-state index in [0.29, 0.717) is 5.82 Å². The summed E-state index contributed by atoms with van der Waals surface area (Å²) in [5, 5.41) is 4.41. The Morgan fingerprint density at radius 1 is 1.29 bits per heavy atom. The lowest BCUT2D eigenvalue weighted by atomic mass is 10.0. The van der Waals surface area contributed by atoms with Gasteiger partial charge in [-0.15, -0.1) is 0 Å². The minimum Gasteiger partial charge on any atom is -0.497 e. The highest BCUT2D eigenvalue weighted by Crippen LogP contribution is 2.30. The molecule has 1 aromatic heterocycles. The minimum absolute atomic E-state index is 0.701. The molecule has 1 aromatic carbocycles. The normalized spacial score (nSPS) is 10.5. The molecule has 17 heavy (non-hydrogen) atoms. The van der Waals surface area contributed by atoms with Crippen LogP contribution in [0.5, 0.6) is 5.75 Å². The summed E-state index contributed by atoms with van der Waals surface area (Å²) in [5.41, 5.74) is 9.18. The van der Waals surface area contributed by atoms with Crippen molar-refractivity contribution in [2.45, 2.75) is 13.3 Å². The molecule has 0 saturated heterocycles. The van der Waals surface area contributed by atoms with Crippen molar-refractivity contribution < 1.29 is 4.74 Å². The summed E-state index contributed by atoms with van der Waals surface area (Å²) in [5.74, 6) is 1.54. The van der Waals surface area contributed by atoms with E-state index in [2.05, 4.69) is 12.0 Å². The Morgan fingerprint density at radius 3 is 2.47 bits per heavy atom. The molecule has 0 aliphatic carbocycles. The lowest BCUT2D eigenvalue weighted by molar-refractivity contribution is 0.415. The van der Waals surface area contributed by atoms with E-state index in [1.54, 1.807) is 11.8 Å². The summed E-state index contributed by atoms with van der Waals surface area (Å²) in [7, 11) is 3.52. The number of ether oxygens (including phenoxy) is 1. The molecule has 90 valence electrons. The van der Waals surface area contributed by atoms with E-state index >= 15 is 0 Å². The second-order valence-electron chi connectivity index (χ2n) is 3.91. The first-order valence-corrected chi connectivity index (χ1v) is 5.63. The molecule has 0 atom stereocenters. The number of aromatic nitrogens is 2. The van der Waals surface area contributed by atoms with Crippen LogP contribution in [-0.4, -0.2) is 16.9 Å². The Balaban J connectivity index is 2.51. The monoisotopic (exact) mass is 231 g/mol. The van der Waals surface area contributed by atoms with Crippen molar-refractivity contribution in [2.75, 3.05) is 12.8 Å². The number of methoxy groups -OCH3 is 1. The Bertz CT molecular complexity index is 514. The topological polar surface area (TPSA) is 53.1 Å². The van der Waals surface area contributed by atoms with E-state index < -0.39 is 0 Å². The zero-order valence-corrected chi connectivity index (χ0v) is 10.4. The molecule has 2 rings (SSSR count).